The SMILES string of the molecule is N#CC1CN(c2ncccn2)CCN1C(=O)c1ccccc1-c1cc(Cl)ccc1F. The van der Waals surface area contributed by atoms with E-state index in [1.165, 1.54) is 23.1 Å². The number of carbonyl (C=O) groups is 1. The summed E-state index contributed by atoms with van der Waals surface area (Å²) >= 11 is 6.04. The van der Waals surface area contributed by atoms with Crippen LogP contribution >= 0.6 is 11.6 Å². The van der Waals surface area contributed by atoms with Gasteiger partial charge in [0.2, 0.25) is 5.95 Å². The Morgan fingerprint density at radius 2 is 1.87 bits per heavy atom. The maximum atomic E-state index is 14.5. The average molecular weight is 422 g/mol. The van der Waals surface area contributed by atoms with Crippen molar-refractivity contribution >= 4 is 23.5 Å². The van der Waals surface area contributed by atoms with Crippen LogP contribution in [0.2, 0.25) is 5.02 Å². The van der Waals surface area contributed by atoms with Crippen LogP contribution in [0.3, 0.4) is 0 Å². The number of rotatable bonds is 3. The first-order chi connectivity index (χ1) is 14.6. The molecule has 0 aliphatic carbocycles. The number of halogens is 2. The molecule has 0 bridgehead atoms. The van der Waals surface area contributed by atoms with Crippen LogP contribution in [0.1, 0.15) is 10.4 Å². The highest BCUT2D eigenvalue weighted by atomic mass is 35.5. The fourth-order valence-electron chi connectivity index (χ4n) is 3.54. The van der Waals surface area contributed by atoms with Crippen LogP contribution in [0.25, 0.3) is 11.1 Å². The number of nitrogens with zero attached hydrogens (tertiary/aromatic N) is 5. The molecule has 30 heavy (non-hydrogen) atoms. The Labute approximate surface area is 178 Å². The third kappa shape index (κ3) is 3.82. The number of hydrogen-bond donors (Lipinski definition) is 0. The molecule has 8 heteroatoms. The van der Waals surface area contributed by atoms with Gasteiger partial charge in [-0.15, -0.1) is 0 Å². The van der Waals surface area contributed by atoms with Gasteiger partial charge in [-0.2, -0.15) is 5.26 Å². The van der Waals surface area contributed by atoms with E-state index < -0.39 is 11.9 Å². The highest BCUT2D eigenvalue weighted by molar-refractivity contribution is 6.30. The van der Waals surface area contributed by atoms with E-state index in [-0.39, 0.29) is 11.5 Å². The highest BCUT2D eigenvalue weighted by Gasteiger charge is 2.33. The van der Waals surface area contributed by atoms with Gasteiger partial charge in [-0.3, -0.25) is 4.79 Å². The quantitative estimate of drug-likeness (QED) is 0.643. The van der Waals surface area contributed by atoms with Crippen LogP contribution in [0, 0.1) is 17.1 Å². The summed E-state index contributed by atoms with van der Waals surface area (Å²) in [5, 5.41) is 10.1. The number of aromatic nitrogens is 2. The van der Waals surface area contributed by atoms with Crippen molar-refractivity contribution in [2.45, 2.75) is 6.04 Å². The van der Waals surface area contributed by atoms with Crippen molar-refractivity contribution in [3.05, 3.63) is 77.3 Å². The Morgan fingerprint density at radius 3 is 2.63 bits per heavy atom. The van der Waals surface area contributed by atoms with Gasteiger partial charge in [0.15, 0.2) is 0 Å². The Hall–Kier alpha value is -3.50. The van der Waals surface area contributed by atoms with Gasteiger partial charge in [0.1, 0.15) is 11.9 Å². The Bertz CT molecular complexity index is 1120. The summed E-state index contributed by atoms with van der Waals surface area (Å²) in [4.78, 5) is 25.2. The molecule has 1 aromatic heterocycles. The maximum absolute atomic E-state index is 14.5. The number of hydrogen-bond acceptors (Lipinski definition) is 5. The Balaban J connectivity index is 1.64. The molecule has 1 fully saturated rings. The van der Waals surface area contributed by atoms with E-state index in [9.17, 15) is 14.4 Å². The first kappa shape index (κ1) is 19.8. The molecule has 1 saturated heterocycles. The molecule has 2 aromatic carbocycles. The lowest BCUT2D eigenvalue weighted by Crippen LogP contribution is -2.55. The Kier molecular flexibility index (Phi) is 5.59. The van der Waals surface area contributed by atoms with E-state index in [2.05, 4.69) is 16.0 Å². The third-order valence-corrected chi connectivity index (χ3v) is 5.24. The molecular formula is C22H17ClFN5O. The van der Waals surface area contributed by atoms with Crippen LogP contribution in [-0.4, -0.2) is 46.5 Å². The topological polar surface area (TPSA) is 73.1 Å². The van der Waals surface area contributed by atoms with Crippen molar-refractivity contribution in [3.8, 4) is 17.2 Å². The molecule has 4 rings (SSSR count). The van der Waals surface area contributed by atoms with Gasteiger partial charge in [0.25, 0.3) is 5.91 Å². The van der Waals surface area contributed by atoms with Crippen LogP contribution in [0.15, 0.2) is 60.9 Å². The number of piperazine rings is 1. The lowest BCUT2D eigenvalue weighted by Gasteiger charge is -2.38. The van der Waals surface area contributed by atoms with Crippen molar-refractivity contribution in [2.24, 2.45) is 0 Å². The van der Waals surface area contributed by atoms with Gasteiger partial charge in [-0.25, -0.2) is 14.4 Å². The average Bonchev–Trinajstić information content (AvgIpc) is 2.80. The maximum Gasteiger partial charge on any atom is 0.255 e. The third-order valence-electron chi connectivity index (χ3n) is 5.00. The lowest BCUT2D eigenvalue weighted by molar-refractivity contribution is 0.0702. The summed E-state index contributed by atoms with van der Waals surface area (Å²) in [5.74, 6) is -0.279. The van der Waals surface area contributed by atoms with E-state index in [1.54, 1.807) is 42.7 Å². The number of carbonyl (C=O) groups excluding carboxylic acids is 1. The molecule has 1 unspecified atom stereocenters. The molecule has 3 aromatic rings. The molecule has 1 aliphatic rings. The van der Waals surface area contributed by atoms with E-state index >= 15 is 0 Å². The summed E-state index contributed by atoms with van der Waals surface area (Å²) in [6.07, 6.45) is 3.27. The van der Waals surface area contributed by atoms with Gasteiger partial charge in [0, 0.05) is 41.6 Å². The second kappa shape index (κ2) is 8.47. The normalized spacial score (nSPS) is 16.2. The van der Waals surface area contributed by atoms with E-state index in [4.69, 9.17) is 11.6 Å². The summed E-state index contributed by atoms with van der Waals surface area (Å²) in [6.45, 7) is 1.10. The number of benzene rings is 2. The fourth-order valence-corrected chi connectivity index (χ4v) is 3.71. The van der Waals surface area contributed by atoms with Crippen molar-refractivity contribution < 1.29 is 9.18 Å². The van der Waals surface area contributed by atoms with Crippen LogP contribution < -0.4 is 4.90 Å². The number of nitriles is 1. The molecule has 1 aliphatic heterocycles. The molecule has 1 amide bonds. The van der Waals surface area contributed by atoms with E-state index in [1.807, 2.05) is 4.90 Å². The Morgan fingerprint density at radius 1 is 1.10 bits per heavy atom. The largest absolute Gasteiger partial charge is 0.336 e. The second-order valence-electron chi connectivity index (χ2n) is 6.81. The zero-order chi connectivity index (χ0) is 21.1. The van der Waals surface area contributed by atoms with Gasteiger partial charge in [0.05, 0.1) is 12.6 Å². The lowest BCUT2D eigenvalue weighted by atomic mass is 9.97. The smallest absolute Gasteiger partial charge is 0.255 e. The number of anilines is 1. The molecule has 0 spiro atoms. The molecular weight excluding hydrogens is 405 g/mol. The molecule has 0 radical (unpaired) electrons. The minimum absolute atomic E-state index is 0.247. The molecule has 0 saturated carbocycles. The zero-order valence-corrected chi connectivity index (χ0v) is 16.6. The second-order valence-corrected chi connectivity index (χ2v) is 7.24. The summed E-state index contributed by atoms with van der Waals surface area (Å²) in [7, 11) is 0. The monoisotopic (exact) mass is 421 g/mol. The van der Waals surface area contributed by atoms with E-state index in [0.29, 0.717) is 41.7 Å². The van der Waals surface area contributed by atoms with Crippen molar-refractivity contribution in [1.29, 1.82) is 5.26 Å². The van der Waals surface area contributed by atoms with Gasteiger partial charge >= 0.3 is 0 Å². The molecule has 0 N–H and O–H groups in total. The minimum atomic E-state index is -0.688. The van der Waals surface area contributed by atoms with Crippen molar-refractivity contribution in [1.82, 2.24) is 14.9 Å². The van der Waals surface area contributed by atoms with Crippen LogP contribution in [0.4, 0.5) is 10.3 Å². The summed E-state index contributed by atoms with van der Waals surface area (Å²) in [6, 6.07) is 14.2. The highest BCUT2D eigenvalue weighted by Crippen LogP contribution is 2.30. The first-order valence-electron chi connectivity index (χ1n) is 9.35. The predicted molar refractivity (Wildman–Crippen MR) is 112 cm³/mol. The van der Waals surface area contributed by atoms with Gasteiger partial charge in [-0.1, -0.05) is 29.8 Å². The predicted octanol–water partition coefficient (Wildman–Crippen LogP) is 3.79. The standard InChI is InChI=1S/C22H17ClFN5O/c23-15-6-7-20(24)19(12-15)17-4-1-2-5-18(17)21(30)29-11-10-28(14-16(29)13-25)22-26-8-3-9-27-22/h1-9,12,16H,10-11,14H2. The van der Waals surface area contributed by atoms with Crippen molar-refractivity contribution in [3.63, 3.8) is 0 Å². The van der Waals surface area contributed by atoms with Gasteiger partial charge < -0.3 is 9.80 Å². The molecule has 2 heterocycles. The van der Waals surface area contributed by atoms with Crippen molar-refractivity contribution in [2.75, 3.05) is 24.5 Å². The first-order valence-corrected chi connectivity index (χ1v) is 9.73. The minimum Gasteiger partial charge on any atom is -0.336 e. The van der Waals surface area contributed by atoms with Crippen LogP contribution in [-0.2, 0) is 0 Å². The van der Waals surface area contributed by atoms with Crippen LogP contribution in [0.5, 0.6) is 0 Å². The van der Waals surface area contributed by atoms with Gasteiger partial charge in [-0.05, 0) is 35.9 Å². The summed E-state index contributed by atoms with van der Waals surface area (Å²) in [5.41, 5.74) is 1.01. The molecule has 150 valence electrons. The molecule has 6 nitrogen and oxygen atoms in total. The number of amides is 1. The zero-order valence-electron chi connectivity index (χ0n) is 15.9. The van der Waals surface area contributed by atoms with E-state index in [0.717, 1.165) is 0 Å². The fraction of sp³-hybridized carbons (Fsp3) is 0.182. The molecule has 1 atom stereocenters. The summed E-state index contributed by atoms with van der Waals surface area (Å²) < 4.78 is 14.5.